The summed E-state index contributed by atoms with van der Waals surface area (Å²) in [4.78, 5) is 33.1. The van der Waals surface area contributed by atoms with Gasteiger partial charge in [-0.2, -0.15) is 18.3 Å². The van der Waals surface area contributed by atoms with Crippen molar-refractivity contribution < 1.29 is 32.6 Å². The van der Waals surface area contributed by atoms with Crippen molar-refractivity contribution in [2.45, 2.75) is 19.1 Å². The molecule has 11 nitrogen and oxygen atoms in total. The molecular weight excluding hydrogens is 567 g/mol. The van der Waals surface area contributed by atoms with Crippen molar-refractivity contribution in [1.29, 1.82) is 0 Å². The van der Waals surface area contributed by atoms with Crippen LogP contribution in [0.2, 0.25) is 0 Å². The van der Waals surface area contributed by atoms with Gasteiger partial charge < -0.3 is 25.8 Å². The highest BCUT2D eigenvalue weighted by Crippen LogP contribution is 2.37. The number of hydrogen-bond acceptors (Lipinski definition) is 7. The number of alkyl halides is 3. The van der Waals surface area contributed by atoms with E-state index in [1.54, 1.807) is 48.5 Å². The van der Waals surface area contributed by atoms with E-state index in [0.717, 1.165) is 6.20 Å². The Morgan fingerprint density at radius 3 is 2.37 bits per heavy atom. The molecule has 1 saturated heterocycles. The average Bonchev–Trinajstić information content (AvgIpc) is 3.40. The lowest BCUT2D eigenvalue weighted by molar-refractivity contribution is -0.143. The number of amides is 3. The van der Waals surface area contributed by atoms with E-state index in [-0.39, 0.29) is 42.2 Å². The van der Waals surface area contributed by atoms with Crippen molar-refractivity contribution in [2.75, 3.05) is 45.2 Å². The second kappa shape index (κ2) is 11.9. The van der Waals surface area contributed by atoms with Gasteiger partial charge in [0.05, 0.1) is 31.6 Å². The van der Waals surface area contributed by atoms with Crippen molar-refractivity contribution >= 4 is 23.3 Å². The Kier molecular flexibility index (Phi) is 8.24. The molecule has 3 amide bonds. The third kappa shape index (κ3) is 5.83. The van der Waals surface area contributed by atoms with E-state index < -0.39 is 29.9 Å². The number of para-hydroxylation sites is 1. The Bertz CT molecular complexity index is 1650. The number of anilines is 1. The summed E-state index contributed by atoms with van der Waals surface area (Å²) in [6.07, 6.45) is -3.64. The molecule has 0 bridgehead atoms. The summed E-state index contributed by atoms with van der Waals surface area (Å²) >= 11 is 0. The maximum atomic E-state index is 14.3. The first-order valence-corrected chi connectivity index (χ1v) is 13.4. The second-order valence-corrected chi connectivity index (χ2v) is 10.1. The van der Waals surface area contributed by atoms with Crippen LogP contribution in [-0.4, -0.2) is 81.3 Å². The van der Waals surface area contributed by atoms with E-state index >= 15 is 0 Å². The Labute approximate surface area is 244 Å². The van der Waals surface area contributed by atoms with Gasteiger partial charge in [0, 0.05) is 43.0 Å². The summed E-state index contributed by atoms with van der Waals surface area (Å²) in [5.41, 5.74) is 5.55. The Balaban J connectivity index is 1.43. The van der Waals surface area contributed by atoms with Crippen molar-refractivity contribution in [2.24, 2.45) is 5.73 Å². The molecule has 2 aromatic carbocycles. The zero-order valence-corrected chi connectivity index (χ0v) is 23.4. The zero-order valence-electron chi connectivity index (χ0n) is 23.4. The van der Waals surface area contributed by atoms with Gasteiger partial charge >= 0.3 is 12.2 Å². The van der Waals surface area contributed by atoms with Crippen LogP contribution in [0.25, 0.3) is 16.9 Å². The molecule has 1 fully saturated rings. The number of ether oxygens (including phenoxy) is 1. The largest absolute Gasteiger partial charge is 0.497 e. The number of aromatic nitrogens is 3. The molecule has 5 rings (SSSR count). The standard InChI is InChI=1S/C29H30F3N7O4/c1-17-24(18-7-9-19(43-2)10-8-18)36-26-21(15-34-39(26)25(17)29(30,31)32)27(41)38-13-11-37(12-14-38)23(16-40)20-5-3-4-6-22(20)35-28(33)42/h3-10,15,23,40H,11-14,16H2,1-2H3,(H3,33,35,42)/t23-/m1/s1. The minimum absolute atomic E-state index is 0.0524. The molecule has 1 aliphatic heterocycles. The molecule has 4 N–H and O–H groups in total. The summed E-state index contributed by atoms with van der Waals surface area (Å²) in [6.45, 7) is 2.27. The molecule has 0 saturated carbocycles. The molecular formula is C29H30F3N7O4. The van der Waals surface area contributed by atoms with E-state index in [9.17, 15) is 27.9 Å². The van der Waals surface area contributed by atoms with Gasteiger partial charge in [0.1, 0.15) is 11.3 Å². The third-order valence-electron chi connectivity index (χ3n) is 7.54. The number of carbonyl (C=O) groups excluding carboxylic acids is 2. The molecule has 1 aliphatic rings. The van der Waals surface area contributed by atoms with E-state index in [1.165, 1.54) is 18.9 Å². The lowest BCUT2D eigenvalue weighted by Crippen LogP contribution is -2.50. The summed E-state index contributed by atoms with van der Waals surface area (Å²) < 4.78 is 48.7. The first-order chi connectivity index (χ1) is 20.5. The fraction of sp³-hybridized carbons (Fsp3) is 0.310. The Hall–Kier alpha value is -4.69. The maximum Gasteiger partial charge on any atom is 0.433 e. The number of halogens is 3. The lowest BCUT2D eigenvalue weighted by atomic mass is 10.0. The number of nitrogens with zero attached hydrogens (tertiary/aromatic N) is 5. The third-order valence-corrected chi connectivity index (χ3v) is 7.54. The fourth-order valence-corrected chi connectivity index (χ4v) is 5.44. The van der Waals surface area contributed by atoms with E-state index in [1.807, 2.05) is 4.90 Å². The molecule has 0 unspecified atom stereocenters. The molecule has 2 aromatic heterocycles. The molecule has 3 heterocycles. The normalized spacial score (nSPS) is 15.0. The summed E-state index contributed by atoms with van der Waals surface area (Å²) in [6, 6.07) is 12.2. The monoisotopic (exact) mass is 597 g/mol. The highest BCUT2D eigenvalue weighted by atomic mass is 19.4. The van der Waals surface area contributed by atoms with Crippen LogP contribution < -0.4 is 15.8 Å². The van der Waals surface area contributed by atoms with Crippen LogP contribution in [-0.2, 0) is 6.18 Å². The maximum absolute atomic E-state index is 14.3. The first-order valence-electron chi connectivity index (χ1n) is 13.4. The number of urea groups is 1. The second-order valence-electron chi connectivity index (χ2n) is 10.1. The SMILES string of the molecule is COc1ccc(-c2nc3c(C(=O)N4CCN([C@H](CO)c5ccccc5NC(N)=O)CC4)cnn3c(C(F)(F)F)c2C)cc1. The minimum Gasteiger partial charge on any atom is -0.497 e. The van der Waals surface area contributed by atoms with Crippen LogP contribution in [0.1, 0.15) is 33.2 Å². The molecule has 226 valence electrons. The molecule has 4 aromatic rings. The number of methoxy groups -OCH3 is 1. The first kappa shape index (κ1) is 29.8. The van der Waals surface area contributed by atoms with E-state index in [2.05, 4.69) is 15.4 Å². The molecule has 0 spiro atoms. The Morgan fingerprint density at radius 1 is 1.09 bits per heavy atom. The predicted molar refractivity (Wildman–Crippen MR) is 152 cm³/mol. The number of piperazine rings is 1. The highest BCUT2D eigenvalue weighted by molar-refractivity contribution is 6.00. The number of nitrogens with two attached hydrogens (primary N) is 1. The van der Waals surface area contributed by atoms with Crippen LogP contribution in [0.15, 0.2) is 54.7 Å². The number of carbonyl (C=O) groups is 2. The number of aliphatic hydroxyl groups is 1. The van der Waals surface area contributed by atoms with E-state index in [4.69, 9.17) is 10.5 Å². The molecule has 14 heteroatoms. The fourth-order valence-electron chi connectivity index (χ4n) is 5.44. The van der Waals surface area contributed by atoms with Gasteiger partial charge in [0.25, 0.3) is 5.91 Å². The van der Waals surface area contributed by atoms with Gasteiger partial charge in [0.2, 0.25) is 0 Å². The van der Waals surface area contributed by atoms with Gasteiger partial charge in [-0.1, -0.05) is 18.2 Å². The topological polar surface area (TPSA) is 138 Å². The molecule has 1 atom stereocenters. The van der Waals surface area contributed by atoms with E-state index in [0.29, 0.717) is 40.2 Å². The molecule has 0 radical (unpaired) electrons. The van der Waals surface area contributed by atoms with Crippen molar-refractivity contribution in [3.05, 3.63) is 77.1 Å². The zero-order chi connectivity index (χ0) is 30.9. The van der Waals surface area contributed by atoms with Gasteiger partial charge in [-0.25, -0.2) is 14.3 Å². The minimum atomic E-state index is -4.76. The quantitative estimate of drug-likeness (QED) is 0.295. The molecule has 43 heavy (non-hydrogen) atoms. The lowest BCUT2D eigenvalue weighted by Gasteiger charge is -2.39. The number of primary amides is 1. The summed E-state index contributed by atoms with van der Waals surface area (Å²) in [5.74, 6) is 0.0325. The van der Waals surface area contributed by atoms with Crippen LogP contribution in [0, 0.1) is 6.92 Å². The van der Waals surface area contributed by atoms with Gasteiger partial charge in [-0.3, -0.25) is 9.69 Å². The van der Waals surface area contributed by atoms with Gasteiger partial charge in [-0.05, 0) is 42.8 Å². The number of fused-ring (bicyclic) bond motifs is 1. The number of benzene rings is 2. The highest BCUT2D eigenvalue weighted by Gasteiger charge is 2.39. The van der Waals surface area contributed by atoms with Gasteiger partial charge in [-0.15, -0.1) is 0 Å². The van der Waals surface area contributed by atoms with Crippen molar-refractivity contribution in [3.63, 3.8) is 0 Å². The van der Waals surface area contributed by atoms with Crippen molar-refractivity contribution in [3.8, 4) is 17.0 Å². The van der Waals surface area contributed by atoms with Gasteiger partial charge in [0.15, 0.2) is 11.3 Å². The molecule has 0 aliphatic carbocycles. The van der Waals surface area contributed by atoms with Crippen molar-refractivity contribution in [1.82, 2.24) is 24.4 Å². The van der Waals surface area contributed by atoms with Crippen LogP contribution in [0.4, 0.5) is 23.7 Å². The Morgan fingerprint density at radius 2 is 1.77 bits per heavy atom. The van der Waals surface area contributed by atoms with Crippen LogP contribution in [0.3, 0.4) is 0 Å². The number of nitrogens with one attached hydrogen (secondary N) is 1. The summed E-state index contributed by atoms with van der Waals surface area (Å²) in [7, 11) is 1.49. The number of hydrogen-bond donors (Lipinski definition) is 3. The average molecular weight is 598 g/mol. The van der Waals surface area contributed by atoms with Crippen LogP contribution >= 0.6 is 0 Å². The summed E-state index contributed by atoms with van der Waals surface area (Å²) in [5, 5.41) is 16.7. The number of rotatable bonds is 7. The smallest absolute Gasteiger partial charge is 0.433 e. The predicted octanol–water partition coefficient (Wildman–Crippen LogP) is 3.71. The van der Waals surface area contributed by atoms with Crippen LogP contribution in [0.5, 0.6) is 5.75 Å². The number of aliphatic hydroxyl groups excluding tert-OH is 1.